The number of carboxylic acids is 1. The van der Waals surface area contributed by atoms with Crippen LogP contribution in [0, 0.1) is 0 Å². The summed E-state index contributed by atoms with van der Waals surface area (Å²) in [7, 11) is 0. The van der Waals surface area contributed by atoms with Crippen molar-refractivity contribution in [3.63, 3.8) is 0 Å². The number of fused-ring (bicyclic) bond motifs is 1. The molecule has 0 radical (unpaired) electrons. The van der Waals surface area contributed by atoms with E-state index in [0.29, 0.717) is 41.9 Å². The molecule has 0 bridgehead atoms. The number of hydrogen-bond acceptors (Lipinski definition) is 4. The average molecular weight is 276 g/mol. The molecule has 0 saturated heterocycles. The predicted octanol–water partition coefficient (Wildman–Crippen LogP) is 2.60. The molecule has 5 nitrogen and oxygen atoms in total. The second-order valence-corrected chi connectivity index (χ2v) is 4.42. The van der Waals surface area contributed by atoms with Crippen LogP contribution in [-0.2, 0) is 11.2 Å². The Bertz CT molecular complexity index is 672. The first-order valence-corrected chi connectivity index (χ1v) is 6.51. The van der Waals surface area contributed by atoms with Crippen molar-refractivity contribution in [3.8, 4) is 5.75 Å². The van der Waals surface area contributed by atoms with E-state index < -0.39 is 5.97 Å². The van der Waals surface area contributed by atoms with Crippen LogP contribution in [-0.4, -0.2) is 17.7 Å². The monoisotopic (exact) mass is 276 g/mol. The first-order valence-electron chi connectivity index (χ1n) is 6.51. The summed E-state index contributed by atoms with van der Waals surface area (Å²) in [5, 5.41) is 9.10. The highest BCUT2D eigenvalue weighted by molar-refractivity contribution is 5.78. The number of benzene rings is 1. The molecule has 1 heterocycles. The predicted molar refractivity (Wildman–Crippen MR) is 74.2 cm³/mol. The average Bonchev–Trinajstić information content (AvgIpc) is 2.38. The van der Waals surface area contributed by atoms with Crippen molar-refractivity contribution in [3.05, 3.63) is 40.2 Å². The highest BCUT2D eigenvalue weighted by Gasteiger charge is 2.07. The van der Waals surface area contributed by atoms with Crippen molar-refractivity contribution in [1.29, 1.82) is 0 Å². The minimum absolute atomic E-state index is 0.0563. The van der Waals surface area contributed by atoms with Crippen LogP contribution in [0.1, 0.15) is 25.5 Å². The van der Waals surface area contributed by atoms with Gasteiger partial charge in [-0.25, -0.2) is 0 Å². The summed E-state index contributed by atoms with van der Waals surface area (Å²) in [5.41, 5.74) is 0.341. The van der Waals surface area contributed by atoms with Gasteiger partial charge in [0, 0.05) is 25.0 Å². The summed E-state index contributed by atoms with van der Waals surface area (Å²) in [6, 6.07) is 6.51. The van der Waals surface area contributed by atoms with Crippen LogP contribution in [0.5, 0.6) is 5.75 Å². The molecule has 2 aromatic rings. The van der Waals surface area contributed by atoms with E-state index in [1.807, 2.05) is 6.92 Å². The maximum absolute atomic E-state index is 11.9. The molecule has 0 saturated carbocycles. The molecule has 1 N–H and O–H groups in total. The van der Waals surface area contributed by atoms with Gasteiger partial charge in [0.25, 0.3) is 0 Å². The number of carbonyl (C=O) groups is 1. The summed E-state index contributed by atoms with van der Waals surface area (Å²) in [5.74, 6) is 0.287. The molecule has 0 aliphatic carbocycles. The Labute approximate surface area is 115 Å². The number of carboxylic acid groups (broad SMARTS) is 1. The van der Waals surface area contributed by atoms with Crippen molar-refractivity contribution in [2.75, 3.05) is 6.61 Å². The second kappa shape index (κ2) is 6.23. The maximum atomic E-state index is 11.9. The highest BCUT2D eigenvalue weighted by atomic mass is 16.5. The van der Waals surface area contributed by atoms with Gasteiger partial charge in [-0.2, -0.15) is 0 Å². The fraction of sp³-hybridized carbons (Fsp3) is 0.333. The zero-order valence-corrected chi connectivity index (χ0v) is 11.2. The molecule has 20 heavy (non-hydrogen) atoms. The Balaban J connectivity index is 2.28. The third-order valence-corrected chi connectivity index (χ3v) is 2.88. The topological polar surface area (TPSA) is 76.7 Å². The second-order valence-electron chi connectivity index (χ2n) is 4.42. The van der Waals surface area contributed by atoms with Crippen LogP contribution < -0.4 is 10.2 Å². The Morgan fingerprint density at radius 3 is 2.85 bits per heavy atom. The van der Waals surface area contributed by atoms with Crippen LogP contribution in [0.2, 0.25) is 0 Å². The zero-order valence-electron chi connectivity index (χ0n) is 11.2. The van der Waals surface area contributed by atoms with Gasteiger partial charge >= 0.3 is 5.97 Å². The van der Waals surface area contributed by atoms with Crippen LogP contribution in [0.3, 0.4) is 0 Å². The number of ether oxygens (including phenoxy) is 1. The van der Waals surface area contributed by atoms with Crippen LogP contribution >= 0.6 is 0 Å². The molecule has 0 aliphatic heterocycles. The third-order valence-electron chi connectivity index (χ3n) is 2.88. The van der Waals surface area contributed by atoms with E-state index in [0.717, 1.165) is 0 Å². The minimum Gasteiger partial charge on any atom is -0.494 e. The smallest absolute Gasteiger partial charge is 0.303 e. The molecule has 0 atom stereocenters. The summed E-state index contributed by atoms with van der Waals surface area (Å²) in [6.07, 6.45) is 0.923. The Morgan fingerprint density at radius 2 is 2.15 bits per heavy atom. The van der Waals surface area contributed by atoms with Gasteiger partial charge in [0.15, 0.2) is 5.43 Å². The first kappa shape index (κ1) is 14.1. The maximum Gasteiger partial charge on any atom is 0.303 e. The van der Waals surface area contributed by atoms with Gasteiger partial charge in [-0.15, -0.1) is 0 Å². The van der Waals surface area contributed by atoms with E-state index in [-0.39, 0.29) is 11.8 Å². The summed E-state index contributed by atoms with van der Waals surface area (Å²) in [4.78, 5) is 22.4. The lowest BCUT2D eigenvalue weighted by Crippen LogP contribution is -2.03. The lowest BCUT2D eigenvalue weighted by atomic mass is 10.1. The SMILES string of the molecule is CCOc1ccc2c(=O)cc(CCCC(=O)O)oc2c1. The number of hydrogen-bond donors (Lipinski definition) is 1. The molecule has 0 fully saturated rings. The van der Waals surface area contributed by atoms with Gasteiger partial charge in [-0.05, 0) is 25.5 Å². The van der Waals surface area contributed by atoms with E-state index in [2.05, 4.69) is 0 Å². The molecular formula is C15H16O5. The van der Waals surface area contributed by atoms with Gasteiger partial charge in [0.1, 0.15) is 17.1 Å². The first-order chi connectivity index (χ1) is 9.60. The molecule has 0 aliphatic rings. The van der Waals surface area contributed by atoms with Crippen LogP contribution in [0.15, 0.2) is 33.5 Å². The number of aliphatic carboxylic acids is 1. The lowest BCUT2D eigenvalue weighted by Gasteiger charge is -2.05. The van der Waals surface area contributed by atoms with Gasteiger partial charge in [-0.1, -0.05) is 0 Å². The van der Waals surface area contributed by atoms with E-state index in [1.165, 1.54) is 6.07 Å². The van der Waals surface area contributed by atoms with Crippen molar-refractivity contribution in [1.82, 2.24) is 0 Å². The fourth-order valence-corrected chi connectivity index (χ4v) is 1.98. The lowest BCUT2D eigenvalue weighted by molar-refractivity contribution is -0.137. The number of aryl methyl sites for hydroxylation is 1. The van der Waals surface area contributed by atoms with Crippen molar-refractivity contribution in [2.45, 2.75) is 26.2 Å². The van der Waals surface area contributed by atoms with Gasteiger partial charge < -0.3 is 14.3 Å². The van der Waals surface area contributed by atoms with Gasteiger partial charge in [0.2, 0.25) is 0 Å². The largest absolute Gasteiger partial charge is 0.494 e. The zero-order chi connectivity index (χ0) is 14.5. The van der Waals surface area contributed by atoms with E-state index in [9.17, 15) is 9.59 Å². The third kappa shape index (κ3) is 3.38. The Morgan fingerprint density at radius 1 is 1.35 bits per heavy atom. The molecule has 1 aromatic carbocycles. The standard InChI is InChI=1S/C15H16O5/c1-2-19-10-6-7-12-13(16)8-11(20-14(12)9-10)4-3-5-15(17)18/h6-9H,2-5H2,1H3,(H,17,18). The van der Waals surface area contributed by atoms with E-state index >= 15 is 0 Å². The fourth-order valence-electron chi connectivity index (χ4n) is 1.98. The van der Waals surface area contributed by atoms with Gasteiger partial charge in [0.05, 0.1) is 12.0 Å². The molecule has 0 amide bonds. The molecule has 106 valence electrons. The summed E-state index contributed by atoms with van der Waals surface area (Å²) < 4.78 is 11.0. The van der Waals surface area contributed by atoms with Crippen molar-refractivity contribution >= 4 is 16.9 Å². The molecule has 1 aromatic heterocycles. The van der Waals surface area contributed by atoms with Crippen LogP contribution in [0.25, 0.3) is 11.0 Å². The molecule has 2 rings (SSSR count). The van der Waals surface area contributed by atoms with Crippen molar-refractivity contribution in [2.24, 2.45) is 0 Å². The van der Waals surface area contributed by atoms with Crippen molar-refractivity contribution < 1.29 is 19.1 Å². The van der Waals surface area contributed by atoms with Crippen LogP contribution in [0.4, 0.5) is 0 Å². The Hall–Kier alpha value is -2.30. The molecular weight excluding hydrogens is 260 g/mol. The molecule has 5 heteroatoms. The molecule has 0 unspecified atom stereocenters. The summed E-state index contributed by atoms with van der Waals surface area (Å²) >= 11 is 0. The van der Waals surface area contributed by atoms with Gasteiger partial charge in [-0.3, -0.25) is 9.59 Å². The summed E-state index contributed by atoms with van der Waals surface area (Å²) in [6.45, 7) is 2.41. The quantitative estimate of drug-likeness (QED) is 0.877. The minimum atomic E-state index is -0.855. The number of rotatable bonds is 6. The highest BCUT2D eigenvalue weighted by Crippen LogP contribution is 2.20. The van der Waals surface area contributed by atoms with E-state index in [1.54, 1.807) is 18.2 Å². The molecule has 0 spiro atoms. The van der Waals surface area contributed by atoms with E-state index in [4.69, 9.17) is 14.3 Å². The Kier molecular flexibility index (Phi) is 4.40. The normalized spacial score (nSPS) is 10.7.